The second-order valence-electron chi connectivity index (χ2n) is 6.55. The summed E-state index contributed by atoms with van der Waals surface area (Å²) in [7, 11) is -1.20. The van der Waals surface area contributed by atoms with E-state index in [4.69, 9.17) is 0 Å². The van der Waals surface area contributed by atoms with Gasteiger partial charge < -0.3 is 0 Å². The van der Waals surface area contributed by atoms with Crippen molar-refractivity contribution in [3.05, 3.63) is 109 Å². The van der Waals surface area contributed by atoms with E-state index in [1.807, 2.05) is 0 Å². The van der Waals surface area contributed by atoms with Crippen molar-refractivity contribution >= 4 is 29.9 Å². The lowest BCUT2D eigenvalue weighted by Crippen LogP contribution is -2.42. The van der Waals surface area contributed by atoms with Gasteiger partial charge in [0.2, 0.25) is 0 Å². The van der Waals surface area contributed by atoms with Gasteiger partial charge >= 0.3 is 0 Å². The van der Waals surface area contributed by atoms with Crippen LogP contribution in [0.15, 0.2) is 103 Å². The van der Waals surface area contributed by atoms with E-state index < -0.39 is 8.80 Å². The minimum absolute atomic E-state index is 1.14. The standard InChI is InChI=1S/C24H22Si/c1-3-13-22(14-4-1)25(23-15-5-2-6-16-23)19-18-21-12-9-11-20-10-7-8-17-24(20)21/h1-17,25H,18-19H2. The van der Waals surface area contributed by atoms with Gasteiger partial charge in [0.1, 0.15) is 8.80 Å². The fourth-order valence-corrected chi connectivity index (χ4v) is 6.73. The molecule has 0 nitrogen and oxygen atoms in total. The van der Waals surface area contributed by atoms with E-state index in [1.165, 1.54) is 32.8 Å². The molecule has 0 fully saturated rings. The van der Waals surface area contributed by atoms with Crippen LogP contribution >= 0.6 is 0 Å². The normalized spacial score (nSPS) is 11.1. The molecule has 4 rings (SSSR count). The highest BCUT2D eigenvalue weighted by molar-refractivity contribution is 6.85. The molecule has 0 atom stereocenters. The Bertz CT molecular complexity index is 900. The molecule has 0 aliphatic rings. The summed E-state index contributed by atoms with van der Waals surface area (Å²) < 4.78 is 0. The molecule has 0 N–H and O–H groups in total. The largest absolute Gasteiger partial charge is 0.103 e. The number of benzene rings is 4. The van der Waals surface area contributed by atoms with Crippen LogP contribution in [-0.4, -0.2) is 8.80 Å². The van der Waals surface area contributed by atoms with Gasteiger partial charge in [0.15, 0.2) is 0 Å². The molecule has 0 unspecified atom stereocenters. The van der Waals surface area contributed by atoms with E-state index >= 15 is 0 Å². The SMILES string of the molecule is c1ccc([SiH](CCc2cccc3ccccc23)c2ccccc2)cc1. The highest BCUT2D eigenvalue weighted by atomic mass is 28.3. The summed E-state index contributed by atoms with van der Waals surface area (Å²) in [6, 6.07) is 38.9. The summed E-state index contributed by atoms with van der Waals surface area (Å²) in [5.41, 5.74) is 1.47. The number of hydrogen-bond acceptors (Lipinski definition) is 0. The van der Waals surface area contributed by atoms with Crippen LogP contribution in [0.4, 0.5) is 0 Å². The third kappa shape index (κ3) is 3.57. The van der Waals surface area contributed by atoms with Crippen LogP contribution in [0.5, 0.6) is 0 Å². The van der Waals surface area contributed by atoms with E-state index in [9.17, 15) is 0 Å². The quantitative estimate of drug-likeness (QED) is 0.472. The molecule has 0 spiro atoms. The average Bonchev–Trinajstić information content (AvgIpc) is 2.70. The van der Waals surface area contributed by atoms with Crippen molar-refractivity contribution in [2.24, 2.45) is 0 Å². The van der Waals surface area contributed by atoms with Gasteiger partial charge in [-0.05, 0) is 28.8 Å². The first-order valence-corrected chi connectivity index (χ1v) is 11.0. The van der Waals surface area contributed by atoms with Crippen molar-refractivity contribution in [2.45, 2.75) is 12.5 Å². The van der Waals surface area contributed by atoms with Crippen molar-refractivity contribution in [3.63, 3.8) is 0 Å². The van der Waals surface area contributed by atoms with E-state index in [0.717, 1.165) is 6.42 Å². The molecule has 0 radical (unpaired) electrons. The van der Waals surface area contributed by atoms with Gasteiger partial charge in [0.25, 0.3) is 0 Å². The van der Waals surface area contributed by atoms with Gasteiger partial charge in [-0.3, -0.25) is 0 Å². The molecule has 0 aromatic heterocycles. The minimum Gasteiger partial charge on any atom is -0.0629 e. The lowest BCUT2D eigenvalue weighted by atomic mass is 10.0. The van der Waals surface area contributed by atoms with Gasteiger partial charge in [0, 0.05) is 0 Å². The maximum Gasteiger partial charge on any atom is 0.103 e. The van der Waals surface area contributed by atoms with Gasteiger partial charge in [-0.25, -0.2) is 0 Å². The summed E-state index contributed by atoms with van der Waals surface area (Å²) in [4.78, 5) is 0. The molecule has 0 bridgehead atoms. The van der Waals surface area contributed by atoms with Crippen LogP contribution in [0.25, 0.3) is 10.8 Å². The fourth-order valence-electron chi connectivity index (χ4n) is 3.71. The molecule has 0 heterocycles. The summed E-state index contributed by atoms with van der Waals surface area (Å²) in [6.07, 6.45) is 1.14. The lowest BCUT2D eigenvalue weighted by Gasteiger charge is -2.17. The molecule has 0 saturated heterocycles. The summed E-state index contributed by atoms with van der Waals surface area (Å²) in [6.45, 7) is 0. The fraction of sp³-hybridized carbons (Fsp3) is 0.0833. The van der Waals surface area contributed by atoms with Gasteiger partial charge in [-0.15, -0.1) is 0 Å². The number of hydrogen-bond donors (Lipinski definition) is 0. The summed E-state index contributed by atoms with van der Waals surface area (Å²) in [5, 5.41) is 5.82. The van der Waals surface area contributed by atoms with Crippen LogP contribution in [0.1, 0.15) is 5.56 Å². The van der Waals surface area contributed by atoms with E-state index in [1.54, 1.807) is 0 Å². The predicted octanol–water partition coefficient (Wildman–Crippen LogP) is 4.42. The summed E-state index contributed by atoms with van der Waals surface area (Å²) in [5.74, 6) is 0. The highest BCUT2D eigenvalue weighted by Gasteiger charge is 2.16. The maximum atomic E-state index is 2.31. The Labute approximate surface area is 151 Å². The van der Waals surface area contributed by atoms with Crippen molar-refractivity contribution in [2.75, 3.05) is 0 Å². The second kappa shape index (κ2) is 7.50. The number of rotatable bonds is 5. The van der Waals surface area contributed by atoms with E-state index in [2.05, 4.69) is 103 Å². The molecule has 4 aromatic rings. The van der Waals surface area contributed by atoms with Crippen molar-refractivity contribution in [1.29, 1.82) is 0 Å². The van der Waals surface area contributed by atoms with Crippen LogP contribution in [0.3, 0.4) is 0 Å². The van der Waals surface area contributed by atoms with Gasteiger partial charge in [-0.1, -0.05) is 114 Å². The molecular formula is C24H22Si. The molecule has 0 aliphatic heterocycles. The minimum atomic E-state index is -1.20. The Morgan fingerprint density at radius 3 is 1.76 bits per heavy atom. The van der Waals surface area contributed by atoms with Gasteiger partial charge in [-0.2, -0.15) is 0 Å². The monoisotopic (exact) mass is 338 g/mol. The molecule has 0 amide bonds. The molecule has 122 valence electrons. The first-order valence-electron chi connectivity index (χ1n) is 8.98. The number of fused-ring (bicyclic) bond motifs is 1. The number of aryl methyl sites for hydroxylation is 1. The molecule has 0 aliphatic carbocycles. The zero-order chi connectivity index (χ0) is 16.9. The Kier molecular flexibility index (Phi) is 4.76. The summed E-state index contributed by atoms with van der Waals surface area (Å²) >= 11 is 0. The Morgan fingerprint density at radius 2 is 1.08 bits per heavy atom. The molecule has 25 heavy (non-hydrogen) atoms. The smallest absolute Gasteiger partial charge is 0.0629 e. The molecule has 1 heteroatoms. The van der Waals surface area contributed by atoms with Crippen molar-refractivity contribution < 1.29 is 0 Å². The third-order valence-electron chi connectivity index (χ3n) is 4.99. The zero-order valence-electron chi connectivity index (χ0n) is 14.3. The van der Waals surface area contributed by atoms with Crippen LogP contribution in [0.2, 0.25) is 6.04 Å². The van der Waals surface area contributed by atoms with Crippen LogP contribution in [0, 0.1) is 0 Å². The average molecular weight is 339 g/mol. The van der Waals surface area contributed by atoms with Gasteiger partial charge in [0.05, 0.1) is 0 Å². The van der Waals surface area contributed by atoms with Crippen molar-refractivity contribution in [3.8, 4) is 0 Å². The Balaban J connectivity index is 1.65. The third-order valence-corrected chi connectivity index (χ3v) is 8.23. The van der Waals surface area contributed by atoms with Crippen LogP contribution in [-0.2, 0) is 6.42 Å². The Hall–Kier alpha value is -2.64. The first kappa shape index (κ1) is 15.9. The topological polar surface area (TPSA) is 0 Å². The van der Waals surface area contributed by atoms with E-state index in [0.29, 0.717) is 0 Å². The molecular weight excluding hydrogens is 316 g/mol. The maximum absolute atomic E-state index is 2.31. The molecule has 4 aromatic carbocycles. The zero-order valence-corrected chi connectivity index (χ0v) is 15.5. The second-order valence-corrected chi connectivity index (χ2v) is 9.57. The van der Waals surface area contributed by atoms with E-state index in [-0.39, 0.29) is 0 Å². The lowest BCUT2D eigenvalue weighted by molar-refractivity contribution is 1.14. The molecule has 0 saturated carbocycles. The van der Waals surface area contributed by atoms with Crippen molar-refractivity contribution in [1.82, 2.24) is 0 Å². The first-order chi connectivity index (χ1) is 12.4. The predicted molar refractivity (Wildman–Crippen MR) is 112 cm³/mol. The van der Waals surface area contributed by atoms with Crippen LogP contribution < -0.4 is 10.4 Å². The highest BCUT2D eigenvalue weighted by Crippen LogP contribution is 2.20. The Morgan fingerprint density at radius 1 is 0.520 bits per heavy atom.